The Morgan fingerprint density at radius 2 is 0.667 bits per heavy atom. The molecule has 4 nitrogen and oxygen atoms in total. The summed E-state index contributed by atoms with van der Waals surface area (Å²) in [6, 6.07) is 0. The fraction of sp³-hybridized carbons (Fsp3) is 1.00. The molecule has 0 aromatic rings. The molecule has 154 valence electrons. The molecule has 0 aliphatic heterocycles. The molecule has 0 unspecified atom stereocenters. The molecule has 24 heavy (non-hydrogen) atoms. The molecule has 0 spiro atoms. The van der Waals surface area contributed by atoms with Crippen molar-refractivity contribution in [3.05, 3.63) is 0 Å². The van der Waals surface area contributed by atoms with E-state index in [-0.39, 0.29) is 49.6 Å². The van der Waals surface area contributed by atoms with Crippen LogP contribution in [0.1, 0.15) is 51.4 Å². The van der Waals surface area contributed by atoms with Gasteiger partial charge in [-0.2, -0.15) is 0 Å². The Hall–Kier alpha value is 1.00. The van der Waals surface area contributed by atoms with Crippen molar-refractivity contribution in [1.82, 2.24) is 21.3 Å². The smallest absolute Gasteiger partial charge is 0.00368 e. The summed E-state index contributed by atoms with van der Waals surface area (Å²) >= 11 is 0. The van der Waals surface area contributed by atoms with E-state index >= 15 is 0 Å². The van der Waals surface area contributed by atoms with Crippen LogP contribution < -0.4 is 21.3 Å². The Balaban J connectivity index is -0.000000301. The fourth-order valence-corrected chi connectivity index (χ4v) is 2.24. The molecule has 4 N–H and O–H groups in total. The molecular formula is C16H42Cl4N4. The van der Waals surface area contributed by atoms with Gasteiger partial charge in [0.05, 0.1) is 0 Å². The second-order valence-corrected chi connectivity index (χ2v) is 5.54. The minimum absolute atomic E-state index is 0. The molecule has 8 heteroatoms. The van der Waals surface area contributed by atoms with Gasteiger partial charge < -0.3 is 21.3 Å². The molecule has 0 aliphatic rings. The highest BCUT2D eigenvalue weighted by molar-refractivity contribution is 5.86. The average Bonchev–Trinajstić information content (AvgIpc) is 2.47. The van der Waals surface area contributed by atoms with E-state index < -0.39 is 0 Å². The Bertz CT molecular complexity index is 162. The van der Waals surface area contributed by atoms with Crippen molar-refractivity contribution >= 4 is 49.6 Å². The number of hydrogen-bond donors (Lipinski definition) is 4. The molecule has 0 bridgehead atoms. The number of rotatable bonds is 17. The van der Waals surface area contributed by atoms with Crippen LogP contribution >= 0.6 is 49.6 Å². The molecule has 0 saturated carbocycles. The SMILES string of the molecule is CNCCCNCCCCCCCCNCCCNC.Cl.Cl.Cl.Cl. The molecule has 0 heterocycles. The molecular weight excluding hydrogens is 390 g/mol. The third-order valence-corrected chi connectivity index (χ3v) is 3.52. The standard InChI is InChI=1S/C16H38N4.4ClH/c1-17-11-9-15-19-13-7-5-3-4-6-8-14-20-16-10-12-18-2;;;;/h17-20H,3-16H2,1-2H3;4*1H. The molecule has 0 radical (unpaired) electrons. The lowest BCUT2D eigenvalue weighted by molar-refractivity contribution is 0.540. The number of halogens is 4. The predicted octanol–water partition coefficient (Wildman–Crippen LogP) is 3.41. The van der Waals surface area contributed by atoms with Crippen LogP contribution in [0, 0.1) is 0 Å². The van der Waals surface area contributed by atoms with E-state index in [1.807, 2.05) is 14.1 Å². The summed E-state index contributed by atoms with van der Waals surface area (Å²) in [6.45, 7) is 6.93. The molecule has 0 fully saturated rings. The summed E-state index contributed by atoms with van der Waals surface area (Å²) < 4.78 is 0. The summed E-state index contributed by atoms with van der Waals surface area (Å²) in [6.07, 6.45) is 10.7. The van der Waals surface area contributed by atoms with Gasteiger partial charge in [0.1, 0.15) is 0 Å². The van der Waals surface area contributed by atoms with Crippen molar-refractivity contribution in [3.63, 3.8) is 0 Å². The zero-order valence-corrected chi connectivity index (χ0v) is 18.8. The highest BCUT2D eigenvalue weighted by Crippen LogP contribution is 2.04. The van der Waals surface area contributed by atoms with E-state index in [1.165, 1.54) is 64.5 Å². The predicted molar refractivity (Wildman–Crippen MR) is 120 cm³/mol. The first-order valence-corrected chi connectivity index (χ1v) is 8.62. The second kappa shape index (κ2) is 35.2. The molecule has 0 saturated heterocycles. The first-order valence-electron chi connectivity index (χ1n) is 8.62. The summed E-state index contributed by atoms with van der Waals surface area (Å²) in [5, 5.41) is 13.3. The van der Waals surface area contributed by atoms with Crippen LogP contribution in [0.5, 0.6) is 0 Å². The van der Waals surface area contributed by atoms with Gasteiger partial charge in [-0.05, 0) is 79.0 Å². The average molecular weight is 432 g/mol. The van der Waals surface area contributed by atoms with Gasteiger partial charge in [-0.3, -0.25) is 0 Å². The highest BCUT2D eigenvalue weighted by Gasteiger charge is 1.92. The van der Waals surface area contributed by atoms with Gasteiger partial charge in [0.25, 0.3) is 0 Å². The second-order valence-electron chi connectivity index (χ2n) is 5.54. The highest BCUT2D eigenvalue weighted by atomic mass is 35.5. The zero-order chi connectivity index (χ0) is 14.7. The lowest BCUT2D eigenvalue weighted by Gasteiger charge is -2.06. The van der Waals surface area contributed by atoms with Crippen molar-refractivity contribution in [1.29, 1.82) is 0 Å². The van der Waals surface area contributed by atoms with Crippen molar-refractivity contribution in [2.45, 2.75) is 51.4 Å². The monoisotopic (exact) mass is 430 g/mol. The lowest BCUT2D eigenvalue weighted by Crippen LogP contribution is -2.20. The Kier molecular flexibility index (Phi) is 52.8. The Labute approximate surface area is 175 Å². The van der Waals surface area contributed by atoms with Crippen molar-refractivity contribution in [3.8, 4) is 0 Å². The number of nitrogens with one attached hydrogen (secondary N) is 4. The molecule has 0 rings (SSSR count). The maximum Gasteiger partial charge on any atom is -0.00368 e. The molecule has 0 aromatic carbocycles. The third-order valence-electron chi connectivity index (χ3n) is 3.52. The van der Waals surface area contributed by atoms with E-state index in [0.29, 0.717) is 0 Å². The quantitative estimate of drug-likeness (QED) is 0.266. The number of unbranched alkanes of at least 4 members (excludes halogenated alkanes) is 5. The third kappa shape index (κ3) is 34.4. The normalized spacial score (nSPS) is 9.25. The van der Waals surface area contributed by atoms with Gasteiger partial charge in [-0.25, -0.2) is 0 Å². The summed E-state index contributed by atoms with van der Waals surface area (Å²) in [5.41, 5.74) is 0. The van der Waals surface area contributed by atoms with Gasteiger partial charge in [0, 0.05) is 0 Å². The minimum atomic E-state index is 0. The fourth-order valence-electron chi connectivity index (χ4n) is 2.24. The van der Waals surface area contributed by atoms with Gasteiger partial charge in [0.2, 0.25) is 0 Å². The summed E-state index contributed by atoms with van der Waals surface area (Å²) in [7, 11) is 4.02. The van der Waals surface area contributed by atoms with Crippen molar-refractivity contribution in [2.75, 3.05) is 53.4 Å². The minimum Gasteiger partial charge on any atom is -0.320 e. The van der Waals surface area contributed by atoms with Crippen LogP contribution in [-0.4, -0.2) is 53.4 Å². The lowest BCUT2D eigenvalue weighted by atomic mass is 10.1. The van der Waals surface area contributed by atoms with E-state index in [2.05, 4.69) is 21.3 Å². The van der Waals surface area contributed by atoms with E-state index in [9.17, 15) is 0 Å². The van der Waals surface area contributed by atoms with Crippen LogP contribution in [0.15, 0.2) is 0 Å². The topological polar surface area (TPSA) is 48.1 Å². The molecule has 0 amide bonds. The molecule has 0 atom stereocenters. The summed E-state index contributed by atoms with van der Waals surface area (Å²) in [5.74, 6) is 0. The molecule has 0 aliphatic carbocycles. The van der Waals surface area contributed by atoms with Crippen molar-refractivity contribution < 1.29 is 0 Å². The Morgan fingerprint density at radius 1 is 0.375 bits per heavy atom. The van der Waals surface area contributed by atoms with Crippen LogP contribution in [0.3, 0.4) is 0 Å². The largest absolute Gasteiger partial charge is 0.320 e. The maximum absolute atomic E-state index is 3.50. The first kappa shape index (κ1) is 36.0. The van der Waals surface area contributed by atoms with E-state index in [1.54, 1.807) is 0 Å². The molecule has 0 aromatic heterocycles. The van der Waals surface area contributed by atoms with E-state index in [4.69, 9.17) is 0 Å². The first-order chi connectivity index (χ1) is 9.91. The van der Waals surface area contributed by atoms with Crippen LogP contribution in [0.25, 0.3) is 0 Å². The van der Waals surface area contributed by atoms with Crippen LogP contribution in [0.2, 0.25) is 0 Å². The van der Waals surface area contributed by atoms with Crippen LogP contribution in [-0.2, 0) is 0 Å². The summed E-state index contributed by atoms with van der Waals surface area (Å²) in [4.78, 5) is 0. The van der Waals surface area contributed by atoms with Gasteiger partial charge in [-0.1, -0.05) is 25.7 Å². The van der Waals surface area contributed by atoms with Gasteiger partial charge >= 0.3 is 0 Å². The Morgan fingerprint density at radius 3 is 1.00 bits per heavy atom. The number of hydrogen-bond acceptors (Lipinski definition) is 4. The van der Waals surface area contributed by atoms with Gasteiger partial charge in [-0.15, -0.1) is 49.6 Å². The van der Waals surface area contributed by atoms with E-state index in [0.717, 1.165) is 26.2 Å². The maximum atomic E-state index is 3.50. The zero-order valence-electron chi connectivity index (χ0n) is 15.5. The van der Waals surface area contributed by atoms with Gasteiger partial charge in [0.15, 0.2) is 0 Å². The van der Waals surface area contributed by atoms with Crippen molar-refractivity contribution in [2.24, 2.45) is 0 Å². The van der Waals surface area contributed by atoms with Crippen LogP contribution in [0.4, 0.5) is 0 Å².